The van der Waals surface area contributed by atoms with Crippen molar-refractivity contribution >= 4 is 39.3 Å². The van der Waals surface area contributed by atoms with Crippen molar-refractivity contribution in [1.29, 1.82) is 0 Å². The van der Waals surface area contributed by atoms with Crippen LogP contribution in [-0.4, -0.2) is 32.4 Å². The summed E-state index contributed by atoms with van der Waals surface area (Å²) < 4.78 is 50.3. The summed E-state index contributed by atoms with van der Waals surface area (Å²) in [5.74, 6) is 6.32. The highest BCUT2D eigenvalue weighted by Crippen LogP contribution is 2.38. The number of alkyl halides is 2. The molecule has 0 unspecified atom stereocenters. The van der Waals surface area contributed by atoms with E-state index in [1.165, 1.54) is 24.0 Å². The summed E-state index contributed by atoms with van der Waals surface area (Å²) in [6.45, 7) is -0.473. The number of nitrogens with zero attached hydrogens (tertiary/aromatic N) is 4. The molecular formula is C25H22F2N6O. The van der Waals surface area contributed by atoms with Gasteiger partial charge in [-0.2, -0.15) is 0 Å². The third-order valence-corrected chi connectivity index (χ3v) is 6.04. The lowest BCUT2D eigenvalue weighted by atomic mass is 10.1. The SMILES string of the molecule is [2H]C([2H])([2H])Nc1ncc(C#Cc2ccc3nc(C(F)F)n(C)c3c2)c2cc(NC(=O)[C@H]3C[C@H]3C)ncc12. The van der Waals surface area contributed by atoms with Crippen LogP contribution in [-0.2, 0) is 11.8 Å². The molecule has 1 aliphatic carbocycles. The molecule has 1 amide bonds. The first-order valence-corrected chi connectivity index (χ1v) is 10.6. The van der Waals surface area contributed by atoms with E-state index in [1.54, 1.807) is 24.3 Å². The fourth-order valence-electron chi connectivity index (χ4n) is 3.93. The molecule has 172 valence electrons. The number of hydrogen-bond donors (Lipinski definition) is 2. The molecule has 0 radical (unpaired) electrons. The third-order valence-electron chi connectivity index (χ3n) is 6.04. The predicted octanol–water partition coefficient (Wildman–Crippen LogP) is 4.49. The zero-order valence-electron chi connectivity index (χ0n) is 21.4. The number of aryl methyl sites for hydroxylation is 1. The number of hydrogen-bond acceptors (Lipinski definition) is 5. The summed E-state index contributed by atoms with van der Waals surface area (Å²) in [4.78, 5) is 24.9. The first-order chi connectivity index (χ1) is 17.5. The van der Waals surface area contributed by atoms with Crippen LogP contribution < -0.4 is 10.6 Å². The number of carbonyl (C=O) groups is 1. The van der Waals surface area contributed by atoms with Crippen molar-refractivity contribution in [3.63, 3.8) is 0 Å². The Hall–Kier alpha value is -4.06. The fraction of sp³-hybridized carbons (Fsp3) is 0.280. The average Bonchev–Trinajstić information content (AvgIpc) is 3.48. The quantitative estimate of drug-likeness (QED) is 0.436. The molecule has 1 aromatic carbocycles. The number of fused-ring (bicyclic) bond motifs is 2. The minimum Gasteiger partial charge on any atom is -0.373 e. The van der Waals surface area contributed by atoms with E-state index in [4.69, 9.17) is 4.11 Å². The number of anilines is 2. The Morgan fingerprint density at radius 2 is 2.06 bits per heavy atom. The minimum atomic E-state index is -2.70. The van der Waals surface area contributed by atoms with Gasteiger partial charge in [0.15, 0.2) is 5.82 Å². The third kappa shape index (κ3) is 3.92. The number of rotatable bonds is 4. The second kappa shape index (κ2) is 8.37. The lowest BCUT2D eigenvalue weighted by Crippen LogP contribution is -2.15. The molecule has 7 nitrogen and oxygen atoms in total. The predicted molar refractivity (Wildman–Crippen MR) is 127 cm³/mol. The van der Waals surface area contributed by atoms with Gasteiger partial charge in [-0.3, -0.25) is 4.79 Å². The molecule has 1 aliphatic rings. The minimum absolute atomic E-state index is 0.0468. The Kier molecular flexibility index (Phi) is 4.53. The van der Waals surface area contributed by atoms with E-state index in [2.05, 4.69) is 37.4 Å². The van der Waals surface area contributed by atoms with Crippen molar-refractivity contribution in [3.05, 3.63) is 53.6 Å². The number of benzene rings is 1. The standard InChI is InChI=1S/C25H22F2N6O/c1-13-8-16(13)25(34)32-21-10-17-15(11-30-23(28-2)18(17)12-29-21)6-4-14-5-7-19-20(9-14)33(3)24(31-19)22(26)27/h5,7,9-13,16,22H,8H2,1-3H3,(H,28,30)(H,29,32,34)/t13-,16+/m1/s1/i2D3. The lowest BCUT2D eigenvalue weighted by Gasteiger charge is -2.09. The van der Waals surface area contributed by atoms with E-state index in [-0.39, 0.29) is 23.5 Å². The van der Waals surface area contributed by atoms with Crippen molar-refractivity contribution in [2.24, 2.45) is 18.9 Å². The summed E-state index contributed by atoms with van der Waals surface area (Å²) in [5.41, 5.74) is 2.00. The molecule has 2 atom stereocenters. The van der Waals surface area contributed by atoms with Crippen LogP contribution in [0.15, 0.2) is 36.7 Å². The van der Waals surface area contributed by atoms with Gasteiger partial charge >= 0.3 is 0 Å². The Morgan fingerprint density at radius 3 is 2.79 bits per heavy atom. The molecule has 1 fully saturated rings. The van der Waals surface area contributed by atoms with E-state index in [0.717, 1.165) is 6.42 Å². The van der Waals surface area contributed by atoms with Crippen LogP contribution in [0.3, 0.4) is 0 Å². The second-order valence-electron chi connectivity index (χ2n) is 8.35. The maximum atomic E-state index is 13.2. The average molecular weight is 464 g/mol. The molecule has 3 aromatic heterocycles. The number of aromatic nitrogens is 4. The van der Waals surface area contributed by atoms with E-state index >= 15 is 0 Å². The molecule has 0 saturated heterocycles. The molecule has 3 heterocycles. The lowest BCUT2D eigenvalue weighted by molar-refractivity contribution is -0.117. The number of pyridine rings is 2. The molecule has 4 aromatic rings. The molecule has 34 heavy (non-hydrogen) atoms. The fourth-order valence-corrected chi connectivity index (χ4v) is 3.93. The van der Waals surface area contributed by atoms with Crippen LogP contribution >= 0.6 is 0 Å². The summed E-state index contributed by atoms with van der Waals surface area (Å²) in [6.07, 6.45) is 1.01. The van der Waals surface area contributed by atoms with Crippen LogP contribution in [0.25, 0.3) is 21.8 Å². The summed E-state index contributed by atoms with van der Waals surface area (Å²) in [6, 6.07) is 6.62. The number of nitrogens with one attached hydrogen (secondary N) is 2. The number of halogens is 2. The Bertz CT molecular complexity index is 1610. The van der Waals surface area contributed by atoms with Gasteiger partial charge in [0, 0.05) is 52.8 Å². The molecule has 0 aliphatic heterocycles. The molecule has 5 rings (SSSR count). The normalized spacial score (nSPS) is 18.7. The first kappa shape index (κ1) is 18.4. The second-order valence-corrected chi connectivity index (χ2v) is 8.35. The first-order valence-electron chi connectivity index (χ1n) is 12.1. The monoisotopic (exact) mass is 463 g/mol. The van der Waals surface area contributed by atoms with E-state index in [9.17, 15) is 13.6 Å². The summed E-state index contributed by atoms with van der Waals surface area (Å²) in [5, 5.41) is 6.18. The van der Waals surface area contributed by atoms with Gasteiger partial charge in [0.05, 0.1) is 16.6 Å². The number of imidazole rings is 1. The van der Waals surface area contributed by atoms with Gasteiger partial charge < -0.3 is 15.2 Å². The van der Waals surface area contributed by atoms with Crippen molar-refractivity contribution in [2.75, 3.05) is 17.6 Å². The molecule has 1 saturated carbocycles. The highest BCUT2D eigenvalue weighted by molar-refractivity contribution is 5.99. The zero-order valence-corrected chi connectivity index (χ0v) is 18.4. The summed E-state index contributed by atoms with van der Waals surface area (Å²) >= 11 is 0. The Morgan fingerprint density at radius 1 is 1.24 bits per heavy atom. The van der Waals surface area contributed by atoms with Gasteiger partial charge in [0.1, 0.15) is 11.6 Å². The van der Waals surface area contributed by atoms with Gasteiger partial charge in [0.25, 0.3) is 6.43 Å². The van der Waals surface area contributed by atoms with Gasteiger partial charge in [-0.05, 0) is 36.6 Å². The number of carbonyl (C=O) groups excluding carboxylic acids is 1. The van der Waals surface area contributed by atoms with Gasteiger partial charge in [0.2, 0.25) is 5.91 Å². The molecule has 2 N–H and O–H groups in total. The van der Waals surface area contributed by atoms with Crippen molar-refractivity contribution in [2.45, 2.75) is 19.8 Å². The maximum Gasteiger partial charge on any atom is 0.295 e. The van der Waals surface area contributed by atoms with Crippen molar-refractivity contribution < 1.29 is 17.7 Å². The Balaban J connectivity index is 1.55. The van der Waals surface area contributed by atoms with Crippen LogP contribution in [0.5, 0.6) is 0 Å². The smallest absolute Gasteiger partial charge is 0.295 e. The van der Waals surface area contributed by atoms with E-state index in [0.29, 0.717) is 44.7 Å². The van der Waals surface area contributed by atoms with Crippen LogP contribution in [0, 0.1) is 23.7 Å². The van der Waals surface area contributed by atoms with Crippen LogP contribution in [0.4, 0.5) is 20.4 Å². The van der Waals surface area contributed by atoms with Crippen molar-refractivity contribution in [3.8, 4) is 11.8 Å². The molecule has 0 bridgehead atoms. The van der Waals surface area contributed by atoms with E-state index in [1.807, 2.05) is 6.92 Å². The Labute approximate surface area is 198 Å². The van der Waals surface area contributed by atoms with Gasteiger partial charge in [-0.25, -0.2) is 23.7 Å². The zero-order chi connectivity index (χ0) is 26.5. The van der Waals surface area contributed by atoms with E-state index < -0.39 is 13.4 Å². The van der Waals surface area contributed by atoms with Crippen LogP contribution in [0.1, 0.15) is 40.8 Å². The summed E-state index contributed by atoms with van der Waals surface area (Å²) in [7, 11) is 1.52. The maximum absolute atomic E-state index is 13.2. The number of amides is 1. The largest absolute Gasteiger partial charge is 0.373 e. The molecule has 0 spiro atoms. The van der Waals surface area contributed by atoms with Crippen molar-refractivity contribution in [1.82, 2.24) is 19.5 Å². The topological polar surface area (TPSA) is 84.7 Å². The molecule has 9 heteroatoms. The van der Waals surface area contributed by atoms with Gasteiger partial charge in [-0.15, -0.1) is 0 Å². The van der Waals surface area contributed by atoms with Crippen LogP contribution in [0.2, 0.25) is 0 Å². The highest BCUT2D eigenvalue weighted by Gasteiger charge is 2.39. The highest BCUT2D eigenvalue weighted by atomic mass is 19.3. The molecular weight excluding hydrogens is 438 g/mol. The van der Waals surface area contributed by atoms with Gasteiger partial charge in [-0.1, -0.05) is 18.8 Å².